The maximum absolute atomic E-state index is 2.42. The van der Waals surface area contributed by atoms with Gasteiger partial charge < -0.3 is 9.47 Å². The summed E-state index contributed by atoms with van der Waals surface area (Å²) in [6, 6.07) is 6.90. The minimum absolute atomic E-state index is 0.698. The molecule has 1 atom stereocenters. The molecule has 1 aliphatic carbocycles. The SMILES string of the molecule is Cc1ccc2c(c1)c1c(n2C)CCCC1CN(C)C. The normalized spacial score (nSPS) is 19.1. The van der Waals surface area contributed by atoms with Gasteiger partial charge >= 0.3 is 0 Å². The van der Waals surface area contributed by atoms with Crippen molar-refractivity contribution >= 4 is 10.9 Å². The molecule has 0 saturated heterocycles. The highest BCUT2D eigenvalue weighted by atomic mass is 15.1. The average Bonchev–Trinajstić information content (AvgIpc) is 2.63. The van der Waals surface area contributed by atoms with Crippen LogP contribution in [-0.4, -0.2) is 30.1 Å². The second-order valence-electron chi connectivity index (χ2n) is 6.29. The number of aryl methyl sites for hydroxylation is 2. The van der Waals surface area contributed by atoms with Crippen LogP contribution >= 0.6 is 0 Å². The standard InChI is InChI=1S/C17H24N2/c1-12-8-9-15-14(10-12)17-13(11-18(2)3)6-5-7-16(17)19(15)4/h8-10,13H,5-7,11H2,1-4H3. The molecule has 1 aromatic carbocycles. The number of aromatic nitrogens is 1. The molecule has 2 heteroatoms. The molecule has 1 aliphatic rings. The molecular weight excluding hydrogens is 232 g/mol. The molecule has 0 radical (unpaired) electrons. The second kappa shape index (κ2) is 4.68. The lowest BCUT2D eigenvalue weighted by atomic mass is 9.84. The van der Waals surface area contributed by atoms with Gasteiger partial charge in [0.2, 0.25) is 0 Å². The van der Waals surface area contributed by atoms with Crippen molar-refractivity contribution in [1.29, 1.82) is 0 Å². The molecule has 0 aliphatic heterocycles. The highest BCUT2D eigenvalue weighted by Crippen LogP contribution is 2.39. The first-order valence-corrected chi connectivity index (χ1v) is 7.30. The summed E-state index contributed by atoms with van der Waals surface area (Å²) in [5, 5.41) is 1.49. The van der Waals surface area contributed by atoms with E-state index in [2.05, 4.69) is 55.7 Å². The Bertz CT molecular complexity index is 607. The van der Waals surface area contributed by atoms with Crippen LogP contribution in [0.5, 0.6) is 0 Å². The van der Waals surface area contributed by atoms with Crippen LogP contribution in [0, 0.1) is 6.92 Å². The minimum atomic E-state index is 0.698. The summed E-state index contributed by atoms with van der Waals surface area (Å²) in [7, 11) is 6.60. The predicted octanol–water partition coefficient (Wildman–Crippen LogP) is 3.47. The van der Waals surface area contributed by atoms with E-state index in [1.54, 1.807) is 11.3 Å². The third kappa shape index (κ3) is 2.08. The molecule has 19 heavy (non-hydrogen) atoms. The van der Waals surface area contributed by atoms with Gasteiger partial charge in [-0.3, -0.25) is 0 Å². The highest BCUT2D eigenvalue weighted by Gasteiger charge is 2.26. The van der Waals surface area contributed by atoms with Crippen LogP contribution in [0.15, 0.2) is 18.2 Å². The number of rotatable bonds is 2. The maximum atomic E-state index is 2.42. The molecule has 2 aromatic rings. The average molecular weight is 256 g/mol. The Kier molecular flexibility index (Phi) is 3.14. The van der Waals surface area contributed by atoms with Crippen LogP contribution in [-0.2, 0) is 13.5 Å². The quantitative estimate of drug-likeness (QED) is 0.799. The van der Waals surface area contributed by atoms with Gasteiger partial charge in [0.05, 0.1) is 0 Å². The summed E-state index contributed by atoms with van der Waals surface area (Å²) < 4.78 is 2.42. The summed E-state index contributed by atoms with van der Waals surface area (Å²) in [5.41, 5.74) is 5.97. The predicted molar refractivity (Wildman–Crippen MR) is 81.9 cm³/mol. The largest absolute Gasteiger partial charge is 0.347 e. The van der Waals surface area contributed by atoms with E-state index in [0.29, 0.717) is 5.92 Å². The van der Waals surface area contributed by atoms with Crippen molar-refractivity contribution in [3.8, 4) is 0 Å². The molecule has 0 saturated carbocycles. The van der Waals surface area contributed by atoms with Crippen LogP contribution in [0.4, 0.5) is 0 Å². The van der Waals surface area contributed by atoms with Gasteiger partial charge in [-0.1, -0.05) is 11.6 Å². The van der Waals surface area contributed by atoms with E-state index >= 15 is 0 Å². The third-order valence-corrected chi connectivity index (χ3v) is 4.48. The van der Waals surface area contributed by atoms with Gasteiger partial charge in [-0.05, 0) is 63.9 Å². The van der Waals surface area contributed by atoms with Crippen molar-refractivity contribution in [2.45, 2.75) is 32.1 Å². The lowest BCUT2D eigenvalue weighted by molar-refractivity contribution is 0.352. The number of likely N-dealkylation sites (N-methyl/N-ethyl adjacent to an activating group) is 1. The van der Waals surface area contributed by atoms with Crippen molar-refractivity contribution < 1.29 is 0 Å². The van der Waals surface area contributed by atoms with Crippen molar-refractivity contribution in [3.63, 3.8) is 0 Å². The van der Waals surface area contributed by atoms with E-state index < -0.39 is 0 Å². The van der Waals surface area contributed by atoms with Gasteiger partial charge in [0.1, 0.15) is 0 Å². The summed E-state index contributed by atoms with van der Waals surface area (Å²) >= 11 is 0. The summed E-state index contributed by atoms with van der Waals surface area (Å²) in [6.45, 7) is 3.36. The fourth-order valence-corrected chi connectivity index (χ4v) is 3.68. The number of benzene rings is 1. The van der Waals surface area contributed by atoms with Gasteiger partial charge in [-0.15, -0.1) is 0 Å². The Morgan fingerprint density at radius 2 is 2.11 bits per heavy atom. The lowest BCUT2D eigenvalue weighted by Crippen LogP contribution is -2.23. The number of nitrogens with zero attached hydrogens (tertiary/aromatic N) is 2. The van der Waals surface area contributed by atoms with Gasteiger partial charge in [-0.2, -0.15) is 0 Å². The fraction of sp³-hybridized carbons (Fsp3) is 0.529. The Balaban J connectivity index is 2.21. The number of hydrogen-bond acceptors (Lipinski definition) is 1. The Hall–Kier alpha value is -1.28. The molecule has 1 unspecified atom stereocenters. The van der Waals surface area contributed by atoms with Crippen molar-refractivity contribution in [2.75, 3.05) is 20.6 Å². The van der Waals surface area contributed by atoms with Crippen LogP contribution in [0.2, 0.25) is 0 Å². The van der Waals surface area contributed by atoms with Crippen molar-refractivity contribution in [2.24, 2.45) is 7.05 Å². The van der Waals surface area contributed by atoms with E-state index in [1.165, 1.54) is 42.3 Å². The summed E-state index contributed by atoms with van der Waals surface area (Å²) in [6.07, 6.45) is 3.90. The minimum Gasteiger partial charge on any atom is -0.347 e. The molecular formula is C17H24N2. The smallest absolute Gasteiger partial charge is 0.0483 e. The molecule has 0 spiro atoms. The monoisotopic (exact) mass is 256 g/mol. The van der Waals surface area contributed by atoms with Crippen LogP contribution in [0.25, 0.3) is 10.9 Å². The van der Waals surface area contributed by atoms with E-state index in [1.807, 2.05) is 0 Å². The Morgan fingerprint density at radius 1 is 1.32 bits per heavy atom. The van der Waals surface area contributed by atoms with Crippen LogP contribution in [0.3, 0.4) is 0 Å². The van der Waals surface area contributed by atoms with E-state index in [0.717, 1.165) is 0 Å². The summed E-state index contributed by atoms with van der Waals surface area (Å²) in [5.74, 6) is 0.698. The zero-order valence-corrected chi connectivity index (χ0v) is 12.5. The van der Waals surface area contributed by atoms with Crippen molar-refractivity contribution in [3.05, 3.63) is 35.0 Å². The zero-order valence-electron chi connectivity index (χ0n) is 12.5. The first-order valence-electron chi connectivity index (χ1n) is 7.30. The highest BCUT2D eigenvalue weighted by molar-refractivity contribution is 5.87. The molecule has 3 rings (SSSR count). The lowest BCUT2D eigenvalue weighted by Gasteiger charge is -2.26. The Morgan fingerprint density at radius 3 is 2.84 bits per heavy atom. The molecule has 102 valence electrons. The molecule has 0 N–H and O–H groups in total. The molecule has 0 bridgehead atoms. The van der Waals surface area contributed by atoms with Gasteiger partial charge in [-0.25, -0.2) is 0 Å². The van der Waals surface area contributed by atoms with Gasteiger partial charge in [0, 0.05) is 30.2 Å². The molecule has 2 nitrogen and oxygen atoms in total. The molecule has 0 amide bonds. The first kappa shape index (κ1) is 12.7. The number of fused-ring (bicyclic) bond motifs is 3. The van der Waals surface area contributed by atoms with Gasteiger partial charge in [0.25, 0.3) is 0 Å². The molecule has 0 fully saturated rings. The Labute approximate surface area is 116 Å². The maximum Gasteiger partial charge on any atom is 0.0483 e. The number of hydrogen-bond donors (Lipinski definition) is 0. The van der Waals surface area contributed by atoms with Crippen LogP contribution < -0.4 is 0 Å². The third-order valence-electron chi connectivity index (χ3n) is 4.48. The van der Waals surface area contributed by atoms with E-state index in [9.17, 15) is 0 Å². The van der Waals surface area contributed by atoms with Crippen LogP contribution in [0.1, 0.15) is 35.6 Å². The zero-order chi connectivity index (χ0) is 13.6. The molecule has 1 aromatic heterocycles. The van der Waals surface area contributed by atoms with E-state index in [-0.39, 0.29) is 0 Å². The first-order chi connectivity index (χ1) is 9.08. The molecule has 1 heterocycles. The van der Waals surface area contributed by atoms with Gasteiger partial charge in [0.15, 0.2) is 0 Å². The second-order valence-corrected chi connectivity index (χ2v) is 6.29. The van der Waals surface area contributed by atoms with Crippen molar-refractivity contribution in [1.82, 2.24) is 9.47 Å². The topological polar surface area (TPSA) is 8.17 Å². The van der Waals surface area contributed by atoms with E-state index in [4.69, 9.17) is 0 Å². The fourth-order valence-electron chi connectivity index (χ4n) is 3.68. The summed E-state index contributed by atoms with van der Waals surface area (Å²) in [4.78, 5) is 2.33.